The molecular formula is C39H49N3O12S. The Labute approximate surface area is 323 Å². The van der Waals surface area contributed by atoms with E-state index >= 15 is 0 Å². The Hall–Kier alpha value is -4.07. The minimum Gasteiger partial charge on any atom is -0.497 e. The summed E-state index contributed by atoms with van der Waals surface area (Å²) in [6.45, 7) is 0.993. The summed E-state index contributed by atoms with van der Waals surface area (Å²) < 4.78 is 35.1. The molecule has 0 aliphatic carbocycles. The molecule has 5 rings (SSSR count). The molecule has 0 bridgehead atoms. The zero-order valence-corrected chi connectivity index (χ0v) is 31.3. The van der Waals surface area contributed by atoms with E-state index in [1.165, 1.54) is 24.8 Å². The number of aliphatic hydroxyl groups excluding tert-OH is 4. The molecule has 55 heavy (non-hydrogen) atoms. The Bertz CT molecular complexity index is 1690. The maximum absolute atomic E-state index is 13.0. The highest BCUT2D eigenvalue weighted by Crippen LogP contribution is 2.35. The molecule has 3 aromatic carbocycles. The number of carbonyl (C=O) groups excluding carboxylic acids is 2. The van der Waals surface area contributed by atoms with E-state index in [4.69, 9.17) is 34.2 Å². The van der Waals surface area contributed by atoms with Gasteiger partial charge in [-0.3, -0.25) is 9.59 Å². The molecule has 2 fully saturated rings. The fourth-order valence-electron chi connectivity index (χ4n) is 6.24. The Balaban J connectivity index is 1.26. The molecule has 0 aromatic heterocycles. The Morgan fingerprint density at radius 3 is 2.11 bits per heavy atom. The number of nitrogens with two attached hydrogens (primary N) is 1. The van der Waals surface area contributed by atoms with Crippen LogP contribution in [0.1, 0.15) is 22.8 Å². The summed E-state index contributed by atoms with van der Waals surface area (Å²) in [7, 11) is 1.58. The van der Waals surface area contributed by atoms with Gasteiger partial charge >= 0.3 is 0 Å². The van der Waals surface area contributed by atoms with Gasteiger partial charge in [0.2, 0.25) is 5.91 Å². The number of amides is 2. The molecule has 0 saturated carbocycles. The third-order valence-electron chi connectivity index (χ3n) is 9.06. The van der Waals surface area contributed by atoms with Crippen molar-refractivity contribution in [1.29, 1.82) is 0 Å². The average Bonchev–Trinajstić information content (AvgIpc) is 3.18. The largest absolute Gasteiger partial charge is 0.497 e. The smallest absolute Gasteiger partial charge is 0.253 e. The van der Waals surface area contributed by atoms with Crippen LogP contribution in [0.5, 0.6) is 5.75 Å². The van der Waals surface area contributed by atoms with Gasteiger partial charge < -0.3 is 65.2 Å². The number of hydrogen-bond donors (Lipinski definition) is 7. The van der Waals surface area contributed by atoms with E-state index in [2.05, 4.69) is 10.6 Å². The van der Waals surface area contributed by atoms with Crippen LogP contribution < -0.4 is 21.1 Å². The van der Waals surface area contributed by atoms with Gasteiger partial charge in [-0.05, 0) is 42.0 Å². The first kappa shape index (κ1) is 42.1. The monoisotopic (exact) mass is 783 g/mol. The number of ether oxygens (including phenoxy) is 6. The molecule has 3 aromatic rings. The molecule has 2 aliphatic heterocycles. The molecule has 0 spiro atoms. The van der Waals surface area contributed by atoms with E-state index in [0.29, 0.717) is 12.4 Å². The Morgan fingerprint density at radius 1 is 0.836 bits per heavy atom. The fraction of sp³-hybridized carbons (Fsp3) is 0.436. The summed E-state index contributed by atoms with van der Waals surface area (Å²) in [5, 5.41) is 48.4. The Kier molecular flexibility index (Phi) is 15.9. The van der Waals surface area contributed by atoms with Crippen LogP contribution in [-0.2, 0) is 35.1 Å². The van der Waals surface area contributed by atoms with Gasteiger partial charge in [-0.1, -0.05) is 66.4 Å². The lowest BCUT2D eigenvalue weighted by Crippen LogP contribution is -2.65. The van der Waals surface area contributed by atoms with Crippen molar-refractivity contribution >= 4 is 29.3 Å². The maximum atomic E-state index is 13.0. The molecule has 5 unspecified atom stereocenters. The number of thioether (sulfide) groups is 1. The van der Waals surface area contributed by atoms with Gasteiger partial charge in [0.05, 0.1) is 51.7 Å². The van der Waals surface area contributed by atoms with E-state index in [0.717, 1.165) is 10.5 Å². The standard InChI is InChI=1S/C39H49N3O12S/c1-23(44)41-32-36(34(46)30(22-50-21-24-10-4-3-5-11-24)54-39(32)55-26-16-14-25(49-2)15-17-26)52-19-9-8-18-51-35-31(38(48)53-29(20-43)33(35)45)42-37(47)27-12-6-7-13-28(27)40/h3-17,29-36,38-39,43,45-46,48H,18-22,40H2,1-2H3,(H,41,44)(H,42,47)/b9-8+/t29?,30?,31?,32?,33-,34-,35+,36+,38?,39-/m0/s1. The van der Waals surface area contributed by atoms with Crippen molar-refractivity contribution in [3.63, 3.8) is 0 Å². The second-order valence-electron chi connectivity index (χ2n) is 12.9. The number of rotatable bonds is 17. The van der Waals surface area contributed by atoms with Gasteiger partial charge in [-0.15, -0.1) is 0 Å². The molecular weight excluding hydrogens is 735 g/mol. The molecule has 2 heterocycles. The first-order valence-corrected chi connectivity index (χ1v) is 18.7. The molecule has 2 saturated heterocycles. The van der Waals surface area contributed by atoms with Crippen molar-refractivity contribution in [3.8, 4) is 5.75 Å². The number of hydrogen-bond acceptors (Lipinski definition) is 14. The number of para-hydroxylation sites is 1. The molecule has 8 N–H and O–H groups in total. The van der Waals surface area contributed by atoms with Gasteiger partial charge in [-0.25, -0.2) is 0 Å². The molecule has 15 nitrogen and oxygen atoms in total. The highest BCUT2D eigenvalue weighted by atomic mass is 32.2. The number of aliphatic hydroxyl groups is 4. The number of methoxy groups -OCH3 is 1. The van der Waals surface area contributed by atoms with Gasteiger partial charge in [0, 0.05) is 17.5 Å². The highest BCUT2D eigenvalue weighted by molar-refractivity contribution is 7.99. The second kappa shape index (κ2) is 20.7. The predicted octanol–water partition coefficient (Wildman–Crippen LogP) is 1.37. The molecule has 2 amide bonds. The summed E-state index contributed by atoms with van der Waals surface area (Å²) in [6, 6.07) is 21.3. The van der Waals surface area contributed by atoms with Crippen LogP contribution in [0, 0.1) is 0 Å². The molecule has 0 radical (unpaired) electrons. The minimum absolute atomic E-state index is 0.0235. The third-order valence-corrected chi connectivity index (χ3v) is 10.2. The normalized spacial score (nSPS) is 28.1. The third kappa shape index (κ3) is 11.5. The quantitative estimate of drug-likeness (QED) is 0.0760. The van der Waals surface area contributed by atoms with Gasteiger partial charge in [0.15, 0.2) is 6.29 Å². The SMILES string of the molecule is COc1ccc(S[C@@H]2OC(COCc3ccccc3)[C@H](O)[C@H](OC/C=C/CO[C@@H]3C(NC(=O)c4ccccc4N)C(O)OC(CO)[C@@H]3O)C2NC(C)=O)cc1. The zero-order valence-electron chi connectivity index (χ0n) is 30.5. The van der Waals surface area contributed by atoms with E-state index in [-0.39, 0.29) is 37.0 Å². The zero-order chi connectivity index (χ0) is 39.3. The second-order valence-corrected chi connectivity index (χ2v) is 14.1. The van der Waals surface area contributed by atoms with E-state index in [1.807, 2.05) is 54.6 Å². The highest BCUT2D eigenvalue weighted by Gasteiger charge is 2.48. The summed E-state index contributed by atoms with van der Waals surface area (Å²) in [5.41, 5.74) is 6.60. The maximum Gasteiger partial charge on any atom is 0.253 e. The number of nitrogens with one attached hydrogen (secondary N) is 2. The summed E-state index contributed by atoms with van der Waals surface area (Å²) in [5.74, 6) is -0.276. The van der Waals surface area contributed by atoms with Gasteiger partial charge in [0.1, 0.15) is 53.9 Å². The lowest BCUT2D eigenvalue weighted by atomic mass is 9.96. The fourth-order valence-corrected chi connectivity index (χ4v) is 7.37. The number of benzene rings is 3. The average molecular weight is 784 g/mol. The van der Waals surface area contributed by atoms with Crippen LogP contribution in [0.15, 0.2) is 95.9 Å². The Morgan fingerprint density at radius 2 is 1.47 bits per heavy atom. The first-order chi connectivity index (χ1) is 26.6. The topological polar surface area (TPSA) is 221 Å². The van der Waals surface area contributed by atoms with Crippen LogP contribution in [0.25, 0.3) is 0 Å². The van der Waals surface area contributed by atoms with Crippen LogP contribution >= 0.6 is 11.8 Å². The van der Waals surface area contributed by atoms with Crippen molar-refractivity contribution in [3.05, 3.63) is 102 Å². The van der Waals surface area contributed by atoms with Crippen LogP contribution in [0.4, 0.5) is 5.69 Å². The number of nitrogen functional groups attached to an aromatic ring is 1. The lowest BCUT2D eigenvalue weighted by molar-refractivity contribution is -0.259. The van der Waals surface area contributed by atoms with Crippen LogP contribution in [-0.4, -0.2) is 126 Å². The molecule has 298 valence electrons. The summed E-state index contributed by atoms with van der Waals surface area (Å²) >= 11 is 1.36. The van der Waals surface area contributed by atoms with Crippen LogP contribution in [0.2, 0.25) is 0 Å². The summed E-state index contributed by atoms with van der Waals surface area (Å²) in [6.07, 6.45) is -5.07. The van der Waals surface area contributed by atoms with E-state index in [9.17, 15) is 30.0 Å². The van der Waals surface area contributed by atoms with Gasteiger partial charge in [-0.2, -0.15) is 0 Å². The van der Waals surface area contributed by atoms with E-state index < -0.39 is 72.9 Å². The first-order valence-electron chi connectivity index (χ1n) is 17.8. The molecule has 2 aliphatic rings. The van der Waals surface area contributed by atoms with Crippen molar-refractivity contribution < 1.29 is 58.4 Å². The predicted molar refractivity (Wildman–Crippen MR) is 202 cm³/mol. The molecule has 10 atom stereocenters. The lowest BCUT2D eigenvalue weighted by Gasteiger charge is -2.44. The minimum atomic E-state index is -1.61. The molecule has 16 heteroatoms. The number of anilines is 1. The van der Waals surface area contributed by atoms with Crippen molar-refractivity contribution in [2.24, 2.45) is 0 Å². The van der Waals surface area contributed by atoms with Gasteiger partial charge in [0.25, 0.3) is 5.91 Å². The van der Waals surface area contributed by atoms with E-state index in [1.54, 1.807) is 37.5 Å². The summed E-state index contributed by atoms with van der Waals surface area (Å²) in [4.78, 5) is 26.3. The van der Waals surface area contributed by atoms with Crippen LogP contribution in [0.3, 0.4) is 0 Å². The van der Waals surface area contributed by atoms with Crippen molar-refractivity contribution in [2.75, 3.05) is 39.3 Å². The number of carbonyl (C=O) groups is 2. The van der Waals surface area contributed by atoms with Crippen molar-refractivity contribution in [1.82, 2.24) is 10.6 Å². The van der Waals surface area contributed by atoms with Crippen molar-refractivity contribution in [2.45, 2.75) is 78.9 Å².